The quantitative estimate of drug-likeness (QED) is 0.853. The van der Waals surface area contributed by atoms with Crippen LogP contribution >= 0.6 is 0 Å². The molecule has 102 valence electrons. The molecule has 0 saturated carbocycles. The summed E-state index contributed by atoms with van der Waals surface area (Å²) in [7, 11) is 1.52. The molecule has 2 aromatic rings. The second kappa shape index (κ2) is 4.85. The maximum absolute atomic E-state index is 12.1. The van der Waals surface area contributed by atoms with Crippen molar-refractivity contribution in [3.8, 4) is 11.4 Å². The number of benzene rings is 1. The van der Waals surface area contributed by atoms with Crippen LogP contribution in [-0.4, -0.2) is 37.6 Å². The molecule has 0 atom stereocenters. The molecule has 0 unspecified atom stereocenters. The van der Waals surface area contributed by atoms with E-state index in [1.807, 2.05) is 0 Å². The number of para-hydroxylation sites is 2. The van der Waals surface area contributed by atoms with Gasteiger partial charge in [0.1, 0.15) is 11.4 Å². The molecule has 0 aliphatic heterocycles. The lowest BCUT2D eigenvalue weighted by Crippen LogP contribution is -2.34. The molecule has 1 heterocycles. The van der Waals surface area contributed by atoms with Gasteiger partial charge in [0, 0.05) is 0 Å². The maximum atomic E-state index is 12.1. The van der Waals surface area contributed by atoms with Crippen LogP contribution in [0.15, 0.2) is 29.1 Å². The third-order valence-corrected chi connectivity index (χ3v) is 2.49. The van der Waals surface area contributed by atoms with Crippen molar-refractivity contribution >= 4 is 0 Å². The number of aliphatic hydroxyl groups is 1. The number of hydrogen-bond donors (Lipinski definition) is 1. The van der Waals surface area contributed by atoms with Crippen molar-refractivity contribution in [3.63, 3.8) is 0 Å². The molecular weight excluding hydrogens is 248 g/mol. The molecule has 0 aliphatic carbocycles. The van der Waals surface area contributed by atoms with Crippen molar-refractivity contribution in [1.29, 1.82) is 0 Å². The number of hydrogen-bond acceptors (Lipinski definition) is 5. The lowest BCUT2D eigenvalue weighted by atomic mass is 10.1. The van der Waals surface area contributed by atoms with Gasteiger partial charge in [0.2, 0.25) is 0 Å². The third kappa shape index (κ3) is 2.82. The van der Waals surface area contributed by atoms with Gasteiger partial charge in [-0.25, -0.2) is 4.79 Å². The Morgan fingerprint density at radius 2 is 2.00 bits per heavy atom. The minimum absolute atomic E-state index is 0.0704. The first-order valence-corrected chi connectivity index (χ1v) is 5.81. The molecule has 0 saturated heterocycles. The van der Waals surface area contributed by atoms with Crippen LogP contribution in [0.2, 0.25) is 0 Å². The van der Waals surface area contributed by atoms with Crippen molar-refractivity contribution in [3.05, 3.63) is 34.7 Å². The van der Waals surface area contributed by atoms with Gasteiger partial charge in [-0.15, -0.1) is 0 Å². The zero-order valence-corrected chi connectivity index (χ0v) is 11.1. The van der Waals surface area contributed by atoms with Crippen molar-refractivity contribution in [2.24, 2.45) is 0 Å². The second-order valence-electron chi connectivity index (χ2n) is 4.82. The van der Waals surface area contributed by atoms with Gasteiger partial charge in [0.15, 0.2) is 0 Å². The molecule has 0 radical (unpaired) electrons. The fourth-order valence-corrected chi connectivity index (χ4v) is 1.70. The average molecular weight is 264 g/mol. The molecule has 0 bridgehead atoms. The highest BCUT2D eigenvalue weighted by Gasteiger charge is 2.19. The van der Waals surface area contributed by atoms with Crippen LogP contribution < -0.4 is 10.4 Å². The van der Waals surface area contributed by atoms with Gasteiger partial charge in [-0.05, 0) is 36.4 Å². The zero-order valence-electron chi connectivity index (χ0n) is 11.1. The summed E-state index contributed by atoms with van der Waals surface area (Å²) in [6, 6.07) is 7.02. The van der Waals surface area contributed by atoms with Crippen LogP contribution in [0.4, 0.5) is 0 Å². The fourth-order valence-electron chi connectivity index (χ4n) is 1.70. The summed E-state index contributed by atoms with van der Waals surface area (Å²) in [6.07, 6.45) is 0. The molecule has 7 nitrogen and oxygen atoms in total. The number of nitrogens with zero attached hydrogens (tertiary/aromatic N) is 4. The van der Waals surface area contributed by atoms with E-state index in [2.05, 4.69) is 10.4 Å². The van der Waals surface area contributed by atoms with E-state index in [-0.39, 0.29) is 6.54 Å². The number of ether oxygens (including phenoxy) is 1. The Balaban J connectivity index is 2.45. The van der Waals surface area contributed by atoms with Gasteiger partial charge in [-0.3, -0.25) is 0 Å². The molecule has 7 heteroatoms. The topological polar surface area (TPSA) is 82.2 Å². The Kier molecular flexibility index (Phi) is 3.39. The smallest absolute Gasteiger partial charge is 0.368 e. The fraction of sp³-hybridized carbons (Fsp3) is 0.417. The minimum Gasteiger partial charge on any atom is -0.494 e. The predicted molar refractivity (Wildman–Crippen MR) is 68.5 cm³/mol. The minimum atomic E-state index is -1.04. The van der Waals surface area contributed by atoms with Gasteiger partial charge in [-0.1, -0.05) is 12.1 Å². The highest BCUT2D eigenvalue weighted by atomic mass is 16.5. The standard InChI is InChI=1S/C12H16N4O3/c1-12(2,18)8-15-11(17)16(14-13-15)9-6-4-5-7-10(9)19-3/h4-7,18H,8H2,1-3H3. The number of rotatable bonds is 4. The Bertz CT molecular complexity index is 624. The average Bonchev–Trinajstić information content (AvgIpc) is 2.69. The predicted octanol–water partition coefficient (Wildman–Crippen LogP) is 0.208. The van der Waals surface area contributed by atoms with Crippen molar-refractivity contribution in [2.75, 3.05) is 7.11 Å². The van der Waals surface area contributed by atoms with E-state index in [9.17, 15) is 9.90 Å². The van der Waals surface area contributed by atoms with Gasteiger partial charge >= 0.3 is 5.69 Å². The number of aromatic nitrogens is 4. The summed E-state index contributed by atoms with van der Waals surface area (Å²) in [5.74, 6) is 0.528. The van der Waals surface area contributed by atoms with E-state index in [4.69, 9.17) is 4.74 Å². The van der Waals surface area contributed by atoms with Crippen LogP contribution in [0.25, 0.3) is 5.69 Å². The summed E-state index contributed by atoms with van der Waals surface area (Å²) in [6.45, 7) is 3.27. The zero-order chi connectivity index (χ0) is 14.0. The van der Waals surface area contributed by atoms with Crippen LogP contribution in [0.1, 0.15) is 13.8 Å². The Labute approximate surface area is 110 Å². The molecule has 1 aromatic carbocycles. The molecule has 2 rings (SSSR count). The van der Waals surface area contributed by atoms with Crippen LogP contribution in [0.3, 0.4) is 0 Å². The molecular formula is C12H16N4O3. The highest BCUT2D eigenvalue weighted by Crippen LogP contribution is 2.19. The Morgan fingerprint density at radius 1 is 1.32 bits per heavy atom. The van der Waals surface area contributed by atoms with Gasteiger partial charge < -0.3 is 9.84 Å². The third-order valence-electron chi connectivity index (χ3n) is 2.49. The summed E-state index contributed by atoms with van der Waals surface area (Å²) < 4.78 is 7.44. The number of methoxy groups -OCH3 is 1. The second-order valence-corrected chi connectivity index (χ2v) is 4.82. The summed E-state index contributed by atoms with van der Waals surface area (Å²) in [5.41, 5.74) is -0.950. The highest BCUT2D eigenvalue weighted by molar-refractivity contribution is 5.45. The lowest BCUT2D eigenvalue weighted by molar-refractivity contribution is 0.0560. The molecule has 0 fully saturated rings. The molecule has 19 heavy (non-hydrogen) atoms. The van der Waals surface area contributed by atoms with E-state index in [0.29, 0.717) is 11.4 Å². The van der Waals surface area contributed by atoms with Crippen LogP contribution in [0, 0.1) is 0 Å². The van der Waals surface area contributed by atoms with Gasteiger partial charge in [0.25, 0.3) is 0 Å². The van der Waals surface area contributed by atoms with Gasteiger partial charge in [0.05, 0.1) is 19.3 Å². The van der Waals surface area contributed by atoms with Crippen LogP contribution in [-0.2, 0) is 6.54 Å². The molecule has 0 aliphatic rings. The normalized spacial score (nSPS) is 11.6. The monoisotopic (exact) mass is 264 g/mol. The molecule has 1 N–H and O–H groups in total. The molecule has 0 spiro atoms. The maximum Gasteiger partial charge on any atom is 0.368 e. The van der Waals surface area contributed by atoms with Crippen molar-refractivity contribution in [1.82, 2.24) is 19.8 Å². The summed E-state index contributed by atoms with van der Waals surface area (Å²) in [5, 5.41) is 17.3. The van der Waals surface area contributed by atoms with E-state index >= 15 is 0 Å². The Hall–Kier alpha value is -2.15. The van der Waals surface area contributed by atoms with E-state index in [1.165, 1.54) is 7.11 Å². The van der Waals surface area contributed by atoms with Crippen molar-refractivity contribution in [2.45, 2.75) is 26.0 Å². The largest absolute Gasteiger partial charge is 0.494 e. The number of tetrazole rings is 1. The molecule has 0 amide bonds. The Morgan fingerprint density at radius 3 is 2.63 bits per heavy atom. The van der Waals surface area contributed by atoms with Crippen LogP contribution in [0.5, 0.6) is 5.75 Å². The van der Waals surface area contributed by atoms with E-state index in [1.54, 1.807) is 38.1 Å². The first-order valence-electron chi connectivity index (χ1n) is 5.81. The first kappa shape index (κ1) is 13.3. The lowest BCUT2D eigenvalue weighted by Gasteiger charge is -2.14. The van der Waals surface area contributed by atoms with Crippen molar-refractivity contribution < 1.29 is 9.84 Å². The molecule has 1 aromatic heterocycles. The van der Waals surface area contributed by atoms with E-state index in [0.717, 1.165) is 9.36 Å². The first-order chi connectivity index (χ1) is 8.92. The van der Waals surface area contributed by atoms with Gasteiger partial charge in [-0.2, -0.15) is 9.36 Å². The van der Waals surface area contributed by atoms with E-state index < -0.39 is 11.3 Å². The summed E-state index contributed by atoms with van der Waals surface area (Å²) in [4.78, 5) is 12.1. The SMILES string of the molecule is COc1ccccc1-n1nnn(CC(C)(C)O)c1=O. The summed E-state index contributed by atoms with van der Waals surface area (Å²) >= 11 is 0.